The minimum absolute atomic E-state index is 0.0556. The molecule has 0 spiro atoms. The fraction of sp³-hybridized carbons (Fsp3) is 0.800. The highest BCUT2D eigenvalue weighted by Crippen LogP contribution is 2.31. The van der Waals surface area contributed by atoms with Gasteiger partial charge in [0.15, 0.2) is 5.82 Å². The van der Waals surface area contributed by atoms with E-state index >= 15 is 0 Å². The molecule has 2 heterocycles. The highest BCUT2D eigenvalue weighted by molar-refractivity contribution is 5.00. The summed E-state index contributed by atoms with van der Waals surface area (Å²) in [6.07, 6.45) is -0.328. The zero-order chi connectivity index (χ0) is 11.0. The van der Waals surface area contributed by atoms with Gasteiger partial charge in [-0.2, -0.15) is 4.98 Å². The maximum absolute atomic E-state index is 13.1. The summed E-state index contributed by atoms with van der Waals surface area (Å²) in [6.45, 7) is 4.46. The Hall–Kier alpha value is -0.970. The van der Waals surface area contributed by atoms with Gasteiger partial charge in [-0.15, -0.1) is 0 Å². The Morgan fingerprint density at radius 1 is 1.53 bits per heavy atom. The number of alkyl halides is 1. The fourth-order valence-electron chi connectivity index (χ4n) is 1.84. The highest BCUT2D eigenvalue weighted by Gasteiger charge is 2.34. The molecule has 1 saturated heterocycles. The van der Waals surface area contributed by atoms with E-state index in [1.54, 1.807) is 0 Å². The van der Waals surface area contributed by atoms with Crippen molar-refractivity contribution in [1.29, 1.82) is 0 Å². The van der Waals surface area contributed by atoms with Crippen molar-refractivity contribution in [2.45, 2.75) is 38.4 Å². The summed E-state index contributed by atoms with van der Waals surface area (Å²) in [6, 6.07) is -0.0556. The van der Waals surface area contributed by atoms with Crippen LogP contribution in [0.15, 0.2) is 4.52 Å². The molecule has 0 N–H and O–H groups in total. The third kappa shape index (κ3) is 2.02. The molecule has 1 aromatic rings. The Labute approximate surface area is 88.5 Å². The average molecular weight is 213 g/mol. The smallest absolute Gasteiger partial charge is 0.244 e. The summed E-state index contributed by atoms with van der Waals surface area (Å²) >= 11 is 0. The first kappa shape index (κ1) is 10.5. The Morgan fingerprint density at radius 3 is 2.73 bits per heavy atom. The predicted octanol–water partition coefficient (Wildman–Crippen LogP) is 1.91. The van der Waals surface area contributed by atoms with Crippen molar-refractivity contribution in [3.05, 3.63) is 11.7 Å². The van der Waals surface area contributed by atoms with Gasteiger partial charge in [0, 0.05) is 18.9 Å². The van der Waals surface area contributed by atoms with Gasteiger partial charge >= 0.3 is 0 Å². The lowest BCUT2D eigenvalue weighted by atomic mass is 10.2. The van der Waals surface area contributed by atoms with E-state index in [0.717, 1.165) is 0 Å². The molecule has 2 atom stereocenters. The van der Waals surface area contributed by atoms with Gasteiger partial charge in [0.2, 0.25) is 5.89 Å². The van der Waals surface area contributed by atoms with Crippen LogP contribution in [0.1, 0.15) is 43.9 Å². The molecule has 1 aliphatic heterocycles. The molecule has 1 fully saturated rings. The zero-order valence-electron chi connectivity index (χ0n) is 9.27. The monoisotopic (exact) mass is 213 g/mol. The topological polar surface area (TPSA) is 42.2 Å². The zero-order valence-corrected chi connectivity index (χ0v) is 9.27. The first-order chi connectivity index (χ1) is 7.08. The summed E-state index contributed by atoms with van der Waals surface area (Å²) in [5.41, 5.74) is 0. The molecule has 0 unspecified atom stereocenters. The first-order valence-corrected chi connectivity index (χ1v) is 5.25. The second kappa shape index (κ2) is 3.89. The third-order valence-corrected chi connectivity index (χ3v) is 2.76. The SMILES string of the molecule is CC(C)c1noc([C@H]2C[C@H](F)CN2C)n1. The van der Waals surface area contributed by atoms with Crippen LogP contribution in [0, 0.1) is 0 Å². The average Bonchev–Trinajstić information content (AvgIpc) is 2.71. The van der Waals surface area contributed by atoms with Crippen LogP contribution in [0.4, 0.5) is 4.39 Å². The minimum Gasteiger partial charge on any atom is -0.338 e. The van der Waals surface area contributed by atoms with E-state index < -0.39 is 6.17 Å². The van der Waals surface area contributed by atoms with Gasteiger partial charge in [0.1, 0.15) is 6.17 Å². The van der Waals surface area contributed by atoms with E-state index in [-0.39, 0.29) is 12.0 Å². The summed E-state index contributed by atoms with van der Waals surface area (Å²) in [5.74, 6) is 1.48. The standard InChI is InChI=1S/C10H16FN3O/c1-6(2)9-12-10(15-13-9)8-4-7(11)5-14(8)3/h6-8H,4-5H2,1-3H3/t7-,8+/m0/s1. The normalized spacial score (nSPS) is 27.8. The third-order valence-electron chi connectivity index (χ3n) is 2.76. The number of likely N-dealkylation sites (tertiary alicyclic amines) is 1. The number of halogens is 1. The molecule has 5 heteroatoms. The highest BCUT2D eigenvalue weighted by atomic mass is 19.1. The van der Waals surface area contributed by atoms with E-state index in [2.05, 4.69) is 10.1 Å². The molecule has 0 radical (unpaired) electrons. The van der Waals surface area contributed by atoms with Crippen LogP contribution in [-0.2, 0) is 0 Å². The van der Waals surface area contributed by atoms with Gasteiger partial charge in [-0.25, -0.2) is 4.39 Å². The molecule has 0 aromatic carbocycles. The van der Waals surface area contributed by atoms with Gasteiger partial charge < -0.3 is 4.52 Å². The van der Waals surface area contributed by atoms with E-state index in [4.69, 9.17) is 4.52 Å². The van der Waals surface area contributed by atoms with Crippen molar-refractivity contribution in [3.63, 3.8) is 0 Å². The summed E-state index contributed by atoms with van der Waals surface area (Å²) in [4.78, 5) is 6.21. The quantitative estimate of drug-likeness (QED) is 0.752. The van der Waals surface area contributed by atoms with Gasteiger partial charge in [-0.1, -0.05) is 19.0 Å². The summed E-state index contributed by atoms with van der Waals surface area (Å²) in [5, 5.41) is 3.88. The molecule has 0 bridgehead atoms. The molecule has 15 heavy (non-hydrogen) atoms. The molecular formula is C10H16FN3O. The van der Waals surface area contributed by atoms with E-state index in [1.165, 1.54) is 0 Å². The Balaban J connectivity index is 2.15. The second-order valence-electron chi connectivity index (χ2n) is 4.43. The Kier molecular flexibility index (Phi) is 2.73. The molecule has 0 saturated carbocycles. The largest absolute Gasteiger partial charge is 0.338 e. The van der Waals surface area contributed by atoms with Crippen molar-refractivity contribution in [2.75, 3.05) is 13.6 Å². The van der Waals surface area contributed by atoms with E-state index in [9.17, 15) is 4.39 Å². The Morgan fingerprint density at radius 2 is 2.27 bits per heavy atom. The molecule has 4 nitrogen and oxygen atoms in total. The van der Waals surface area contributed by atoms with Crippen LogP contribution >= 0.6 is 0 Å². The van der Waals surface area contributed by atoms with Crippen molar-refractivity contribution in [3.8, 4) is 0 Å². The van der Waals surface area contributed by atoms with Crippen LogP contribution in [0.3, 0.4) is 0 Å². The molecule has 84 valence electrons. The molecule has 0 aliphatic carbocycles. The van der Waals surface area contributed by atoms with Crippen LogP contribution < -0.4 is 0 Å². The van der Waals surface area contributed by atoms with Gasteiger partial charge in [-0.05, 0) is 7.05 Å². The molecule has 1 aliphatic rings. The second-order valence-corrected chi connectivity index (χ2v) is 4.43. The molecular weight excluding hydrogens is 197 g/mol. The van der Waals surface area contributed by atoms with E-state index in [0.29, 0.717) is 24.7 Å². The number of hydrogen-bond donors (Lipinski definition) is 0. The lowest BCUT2D eigenvalue weighted by molar-refractivity contribution is 0.242. The minimum atomic E-state index is -0.783. The maximum Gasteiger partial charge on any atom is 0.244 e. The van der Waals surface area contributed by atoms with Crippen molar-refractivity contribution < 1.29 is 8.91 Å². The lowest BCUT2D eigenvalue weighted by Crippen LogP contribution is -2.18. The number of rotatable bonds is 2. The van der Waals surface area contributed by atoms with Crippen LogP contribution in [0.2, 0.25) is 0 Å². The van der Waals surface area contributed by atoms with Gasteiger partial charge in [0.25, 0.3) is 0 Å². The lowest BCUT2D eigenvalue weighted by Gasteiger charge is -2.13. The van der Waals surface area contributed by atoms with E-state index in [1.807, 2.05) is 25.8 Å². The number of hydrogen-bond acceptors (Lipinski definition) is 4. The predicted molar refractivity (Wildman–Crippen MR) is 53.3 cm³/mol. The fourth-order valence-corrected chi connectivity index (χ4v) is 1.84. The van der Waals surface area contributed by atoms with Crippen molar-refractivity contribution in [1.82, 2.24) is 15.0 Å². The number of nitrogens with zero attached hydrogens (tertiary/aromatic N) is 3. The first-order valence-electron chi connectivity index (χ1n) is 5.25. The van der Waals surface area contributed by atoms with Gasteiger partial charge in [0.05, 0.1) is 6.04 Å². The van der Waals surface area contributed by atoms with Crippen molar-refractivity contribution in [2.24, 2.45) is 0 Å². The molecule has 0 amide bonds. The Bertz CT molecular complexity index is 339. The van der Waals surface area contributed by atoms with Crippen molar-refractivity contribution >= 4 is 0 Å². The van der Waals surface area contributed by atoms with Crippen LogP contribution in [0.5, 0.6) is 0 Å². The summed E-state index contributed by atoms with van der Waals surface area (Å²) < 4.78 is 18.3. The van der Waals surface area contributed by atoms with Crippen LogP contribution in [-0.4, -0.2) is 34.8 Å². The van der Waals surface area contributed by atoms with Gasteiger partial charge in [-0.3, -0.25) is 4.90 Å². The maximum atomic E-state index is 13.1. The summed E-state index contributed by atoms with van der Waals surface area (Å²) in [7, 11) is 1.88. The molecule has 1 aromatic heterocycles. The molecule has 2 rings (SSSR count). The van der Waals surface area contributed by atoms with Crippen LogP contribution in [0.25, 0.3) is 0 Å². The number of aromatic nitrogens is 2.